The van der Waals surface area contributed by atoms with Gasteiger partial charge in [-0.3, -0.25) is 0 Å². The lowest BCUT2D eigenvalue weighted by molar-refractivity contribution is 0.290. The molecule has 0 aliphatic carbocycles. The van der Waals surface area contributed by atoms with Crippen molar-refractivity contribution in [2.45, 2.75) is 31.3 Å². The van der Waals surface area contributed by atoms with E-state index in [1.807, 2.05) is 6.92 Å². The first-order valence-corrected chi connectivity index (χ1v) is 7.92. The van der Waals surface area contributed by atoms with Gasteiger partial charge in [0.1, 0.15) is 5.84 Å². The number of amidine groups is 1. The van der Waals surface area contributed by atoms with Gasteiger partial charge in [0.2, 0.25) is 0 Å². The fourth-order valence-corrected chi connectivity index (χ4v) is 3.66. The topological polar surface area (TPSA) is 114 Å². The first-order valence-electron chi connectivity index (χ1n) is 6.48. The van der Waals surface area contributed by atoms with E-state index >= 15 is 0 Å². The number of nitrogens with zero attached hydrogens (tertiary/aromatic N) is 4. The average Bonchev–Trinajstić information content (AvgIpc) is 2.96. The van der Waals surface area contributed by atoms with E-state index in [9.17, 15) is 8.42 Å². The first kappa shape index (κ1) is 14.8. The maximum Gasteiger partial charge on any atom is 0.262 e. The van der Waals surface area contributed by atoms with Crippen LogP contribution in [-0.4, -0.2) is 46.4 Å². The zero-order chi connectivity index (χ0) is 14.8. The van der Waals surface area contributed by atoms with E-state index in [1.165, 1.54) is 16.8 Å². The van der Waals surface area contributed by atoms with Gasteiger partial charge in [0.25, 0.3) is 10.0 Å². The largest absolute Gasteiger partial charge is 0.409 e. The van der Waals surface area contributed by atoms with Crippen molar-refractivity contribution in [2.24, 2.45) is 16.8 Å². The molecule has 1 aromatic rings. The van der Waals surface area contributed by atoms with Gasteiger partial charge < -0.3 is 15.5 Å². The molecule has 3 N–H and O–H groups in total. The molecule has 2 rings (SSSR count). The Hall–Kier alpha value is -1.61. The second-order valence-corrected chi connectivity index (χ2v) is 6.63. The van der Waals surface area contributed by atoms with Crippen LogP contribution in [0.1, 0.15) is 19.8 Å². The van der Waals surface area contributed by atoms with E-state index in [-0.39, 0.29) is 16.8 Å². The zero-order valence-electron chi connectivity index (χ0n) is 11.3. The maximum absolute atomic E-state index is 12.4. The molecule has 8 nitrogen and oxygen atoms in total. The molecule has 1 aliphatic heterocycles. The minimum Gasteiger partial charge on any atom is -0.409 e. The number of imidazole rings is 1. The summed E-state index contributed by atoms with van der Waals surface area (Å²) >= 11 is 0. The van der Waals surface area contributed by atoms with Gasteiger partial charge in [0, 0.05) is 31.7 Å². The molecule has 0 atom stereocenters. The van der Waals surface area contributed by atoms with Gasteiger partial charge in [0.15, 0.2) is 5.03 Å². The molecule has 0 saturated carbocycles. The van der Waals surface area contributed by atoms with Gasteiger partial charge in [-0.15, -0.1) is 0 Å². The number of aryl methyl sites for hydroxylation is 1. The summed E-state index contributed by atoms with van der Waals surface area (Å²) in [5.41, 5.74) is 5.55. The van der Waals surface area contributed by atoms with Crippen LogP contribution in [0.4, 0.5) is 0 Å². The summed E-state index contributed by atoms with van der Waals surface area (Å²) in [7, 11) is -3.55. The van der Waals surface area contributed by atoms with E-state index in [1.54, 1.807) is 4.57 Å². The van der Waals surface area contributed by atoms with Gasteiger partial charge in [-0.05, 0) is 19.8 Å². The molecule has 1 saturated heterocycles. The molecule has 0 radical (unpaired) electrons. The van der Waals surface area contributed by atoms with Gasteiger partial charge in [-0.25, -0.2) is 13.4 Å². The van der Waals surface area contributed by atoms with E-state index < -0.39 is 10.0 Å². The molecule has 0 aromatic carbocycles. The summed E-state index contributed by atoms with van der Waals surface area (Å²) in [6.07, 6.45) is 4.13. The lowest BCUT2D eigenvalue weighted by Crippen LogP contribution is -2.41. The van der Waals surface area contributed by atoms with Crippen molar-refractivity contribution in [2.75, 3.05) is 13.1 Å². The Labute approximate surface area is 117 Å². The highest BCUT2D eigenvalue weighted by Crippen LogP contribution is 2.23. The molecule has 20 heavy (non-hydrogen) atoms. The van der Waals surface area contributed by atoms with Crippen LogP contribution in [0.25, 0.3) is 0 Å². The number of aromatic nitrogens is 2. The summed E-state index contributed by atoms with van der Waals surface area (Å²) < 4.78 is 27.9. The molecule has 112 valence electrons. The Kier molecular flexibility index (Phi) is 4.29. The number of rotatable bonds is 4. The third-order valence-electron chi connectivity index (χ3n) is 3.57. The van der Waals surface area contributed by atoms with Gasteiger partial charge in [0.05, 0.1) is 6.33 Å². The second kappa shape index (κ2) is 5.80. The summed E-state index contributed by atoms with van der Waals surface area (Å²) in [6, 6.07) is 0. The monoisotopic (exact) mass is 301 g/mol. The summed E-state index contributed by atoms with van der Waals surface area (Å²) in [6.45, 7) is 3.29. The zero-order valence-corrected chi connectivity index (χ0v) is 12.1. The predicted molar refractivity (Wildman–Crippen MR) is 72.8 cm³/mol. The molecule has 1 aromatic heterocycles. The summed E-state index contributed by atoms with van der Waals surface area (Å²) in [4.78, 5) is 3.95. The standard InChI is InChI=1S/C11H19N5O3S/c1-2-15-7-10(13-8-15)20(18,19)16-5-3-9(4-6-16)11(12)14-17/h7-9,17H,2-6H2,1H3,(H2,12,14). The molecular weight excluding hydrogens is 282 g/mol. The highest BCUT2D eigenvalue weighted by molar-refractivity contribution is 7.89. The Bertz CT molecular complexity index is 587. The van der Waals surface area contributed by atoms with Crippen LogP contribution in [-0.2, 0) is 16.6 Å². The van der Waals surface area contributed by atoms with Crippen molar-refractivity contribution in [3.63, 3.8) is 0 Å². The number of nitrogens with two attached hydrogens (primary N) is 1. The quantitative estimate of drug-likeness (QED) is 0.353. The normalized spacial score (nSPS) is 19.4. The SMILES string of the molecule is CCn1cnc(S(=O)(=O)N2CCC(C(N)=NO)CC2)c1. The number of oxime groups is 1. The average molecular weight is 301 g/mol. The van der Waals surface area contributed by atoms with Crippen LogP contribution in [0.5, 0.6) is 0 Å². The molecule has 0 amide bonds. The number of hydrogen-bond acceptors (Lipinski definition) is 5. The Morgan fingerprint density at radius 2 is 2.20 bits per heavy atom. The van der Waals surface area contributed by atoms with E-state index in [4.69, 9.17) is 10.9 Å². The minimum atomic E-state index is -3.55. The molecular formula is C11H19N5O3S. The van der Waals surface area contributed by atoms with E-state index in [2.05, 4.69) is 10.1 Å². The van der Waals surface area contributed by atoms with E-state index in [0.29, 0.717) is 32.5 Å². The molecule has 2 heterocycles. The molecule has 0 spiro atoms. The Morgan fingerprint density at radius 3 is 2.70 bits per heavy atom. The maximum atomic E-state index is 12.4. The molecule has 1 fully saturated rings. The highest BCUT2D eigenvalue weighted by Gasteiger charge is 2.32. The van der Waals surface area contributed by atoms with Gasteiger partial charge >= 0.3 is 0 Å². The predicted octanol–water partition coefficient (Wildman–Crippen LogP) is 0.0501. The number of sulfonamides is 1. The van der Waals surface area contributed by atoms with Gasteiger partial charge in [-0.2, -0.15) is 4.31 Å². The summed E-state index contributed by atoms with van der Waals surface area (Å²) in [5, 5.41) is 11.7. The highest BCUT2D eigenvalue weighted by atomic mass is 32.2. The second-order valence-electron chi connectivity index (χ2n) is 4.75. The molecule has 0 bridgehead atoms. The Morgan fingerprint density at radius 1 is 1.55 bits per heavy atom. The first-order chi connectivity index (χ1) is 9.48. The van der Waals surface area contributed by atoms with Crippen LogP contribution < -0.4 is 5.73 Å². The van der Waals surface area contributed by atoms with Crippen molar-refractivity contribution in [3.8, 4) is 0 Å². The number of hydrogen-bond donors (Lipinski definition) is 2. The lowest BCUT2D eigenvalue weighted by Gasteiger charge is -2.29. The van der Waals surface area contributed by atoms with Crippen molar-refractivity contribution in [3.05, 3.63) is 12.5 Å². The minimum absolute atomic E-state index is 0.0698. The fourth-order valence-electron chi connectivity index (χ4n) is 2.25. The van der Waals surface area contributed by atoms with Crippen LogP contribution in [0.15, 0.2) is 22.7 Å². The van der Waals surface area contributed by atoms with Crippen molar-refractivity contribution >= 4 is 15.9 Å². The smallest absolute Gasteiger partial charge is 0.262 e. The van der Waals surface area contributed by atoms with Crippen LogP contribution >= 0.6 is 0 Å². The number of piperidine rings is 1. The van der Waals surface area contributed by atoms with Crippen LogP contribution in [0.2, 0.25) is 0 Å². The van der Waals surface area contributed by atoms with Crippen LogP contribution in [0.3, 0.4) is 0 Å². The van der Waals surface area contributed by atoms with Crippen molar-refractivity contribution < 1.29 is 13.6 Å². The third-order valence-corrected chi connectivity index (χ3v) is 5.35. The third kappa shape index (κ3) is 2.78. The Balaban J connectivity index is 2.09. The molecule has 9 heteroatoms. The van der Waals surface area contributed by atoms with Crippen molar-refractivity contribution in [1.82, 2.24) is 13.9 Å². The van der Waals surface area contributed by atoms with Crippen molar-refractivity contribution in [1.29, 1.82) is 0 Å². The van der Waals surface area contributed by atoms with E-state index in [0.717, 1.165) is 0 Å². The van der Waals surface area contributed by atoms with Crippen LogP contribution in [0, 0.1) is 5.92 Å². The molecule has 1 aliphatic rings. The van der Waals surface area contributed by atoms with Gasteiger partial charge in [-0.1, -0.05) is 5.16 Å². The lowest BCUT2D eigenvalue weighted by atomic mass is 9.97. The fraction of sp³-hybridized carbons (Fsp3) is 0.636. The summed E-state index contributed by atoms with van der Waals surface area (Å²) in [5.74, 6) is 0.0944. The molecule has 0 unspecified atom stereocenters.